The Kier molecular flexibility index (Phi) is 10.3. The van der Waals surface area contributed by atoms with Crippen molar-refractivity contribution in [1.82, 2.24) is 0 Å². The summed E-state index contributed by atoms with van der Waals surface area (Å²) in [6.07, 6.45) is 1.75. The van der Waals surface area contributed by atoms with Crippen molar-refractivity contribution in [2.45, 2.75) is 20.8 Å². The molecule has 0 aromatic rings. The molecule has 0 heterocycles. The predicted octanol–water partition coefficient (Wildman–Crippen LogP) is 2.32. The van der Waals surface area contributed by atoms with Gasteiger partial charge in [0.05, 0.1) is 6.61 Å². The third-order valence-corrected chi connectivity index (χ3v) is 0.624. The number of carbonyl (C=O) groups is 1. The molecule has 0 saturated heterocycles. The van der Waals surface area contributed by atoms with Gasteiger partial charge in [-0.3, -0.25) is 0 Å². The molecule has 11 heavy (non-hydrogen) atoms. The molecule has 0 aliphatic heterocycles. The van der Waals surface area contributed by atoms with Crippen LogP contribution < -0.4 is 0 Å². The van der Waals surface area contributed by atoms with Crippen LogP contribution in [0, 0.1) is 0 Å². The van der Waals surface area contributed by atoms with Gasteiger partial charge in [0.15, 0.2) is 0 Å². The van der Waals surface area contributed by atoms with Crippen molar-refractivity contribution in [3.05, 3.63) is 24.8 Å². The second kappa shape index (κ2) is 8.95. The number of rotatable bonds is 2. The van der Waals surface area contributed by atoms with E-state index in [1.165, 1.54) is 0 Å². The Hall–Kier alpha value is -1.05. The maximum Gasteiger partial charge on any atom is 0.333 e. The summed E-state index contributed by atoms with van der Waals surface area (Å²) in [4.78, 5) is 10.4. The zero-order chi connectivity index (χ0) is 9.28. The average Bonchev–Trinajstić information content (AvgIpc) is 1.90. The molecule has 0 aromatic heterocycles. The topological polar surface area (TPSA) is 26.3 Å². The Labute approximate surface area is 68.6 Å². The number of esters is 1. The number of ether oxygens (including phenoxy) is 1. The van der Waals surface area contributed by atoms with Crippen LogP contribution in [-0.2, 0) is 9.53 Å². The fourth-order valence-electron chi connectivity index (χ4n) is 0.254. The lowest BCUT2D eigenvalue weighted by molar-refractivity contribution is -0.138. The minimum absolute atomic E-state index is 0.312. The predicted molar refractivity (Wildman–Crippen MR) is 47.3 cm³/mol. The molecule has 0 radical (unpaired) electrons. The van der Waals surface area contributed by atoms with E-state index in [0.29, 0.717) is 12.2 Å². The third kappa shape index (κ3) is 12.2. The van der Waals surface area contributed by atoms with Crippen molar-refractivity contribution in [3.63, 3.8) is 0 Å². The van der Waals surface area contributed by atoms with Gasteiger partial charge in [-0.2, -0.15) is 0 Å². The van der Waals surface area contributed by atoms with Gasteiger partial charge >= 0.3 is 5.97 Å². The SMILES string of the molecule is C=C(C)C(=O)OCC.C=CC. The molecule has 0 N–H and O–H groups in total. The summed E-state index contributed by atoms with van der Waals surface area (Å²) in [7, 11) is 0. The summed E-state index contributed by atoms with van der Waals surface area (Å²) >= 11 is 0. The van der Waals surface area contributed by atoms with E-state index in [1.54, 1.807) is 19.9 Å². The van der Waals surface area contributed by atoms with E-state index in [-0.39, 0.29) is 5.97 Å². The molecule has 0 aliphatic carbocycles. The van der Waals surface area contributed by atoms with Crippen molar-refractivity contribution < 1.29 is 9.53 Å². The summed E-state index contributed by atoms with van der Waals surface area (Å²) in [5.74, 6) is -0.312. The molecule has 0 fully saturated rings. The Bertz CT molecular complexity index is 136. The Morgan fingerprint density at radius 1 is 1.64 bits per heavy atom. The van der Waals surface area contributed by atoms with Crippen LogP contribution in [-0.4, -0.2) is 12.6 Å². The van der Waals surface area contributed by atoms with E-state index in [9.17, 15) is 4.79 Å². The van der Waals surface area contributed by atoms with Gasteiger partial charge in [0.2, 0.25) is 0 Å². The molecule has 0 saturated carbocycles. The highest BCUT2D eigenvalue weighted by Crippen LogP contribution is 1.89. The number of allylic oxidation sites excluding steroid dienone is 1. The van der Waals surface area contributed by atoms with E-state index < -0.39 is 0 Å². The monoisotopic (exact) mass is 156 g/mol. The molecule has 64 valence electrons. The standard InChI is InChI=1S/C6H10O2.C3H6/c1-4-8-6(7)5(2)3;1-3-2/h2,4H2,1,3H3;3H,1H2,2H3. The van der Waals surface area contributed by atoms with E-state index in [4.69, 9.17) is 0 Å². The second-order valence-electron chi connectivity index (χ2n) is 1.91. The summed E-state index contributed by atoms with van der Waals surface area (Å²) in [5.41, 5.74) is 0.451. The van der Waals surface area contributed by atoms with Crippen LogP contribution in [0.3, 0.4) is 0 Å². The zero-order valence-corrected chi connectivity index (χ0v) is 7.52. The quantitative estimate of drug-likeness (QED) is 0.348. The molecule has 0 aliphatic rings. The maximum atomic E-state index is 10.4. The highest BCUT2D eigenvalue weighted by molar-refractivity contribution is 5.86. The highest BCUT2D eigenvalue weighted by atomic mass is 16.5. The smallest absolute Gasteiger partial charge is 0.333 e. The fourth-order valence-corrected chi connectivity index (χ4v) is 0.254. The van der Waals surface area contributed by atoms with Crippen LogP contribution in [0.25, 0.3) is 0 Å². The van der Waals surface area contributed by atoms with Crippen LogP contribution in [0.15, 0.2) is 24.8 Å². The Balaban J connectivity index is 0. The molecular formula is C9H16O2. The normalized spacial score (nSPS) is 7.18. The molecule has 0 unspecified atom stereocenters. The van der Waals surface area contributed by atoms with Gasteiger partial charge in [0.1, 0.15) is 0 Å². The lowest BCUT2D eigenvalue weighted by atomic mass is 10.4. The zero-order valence-electron chi connectivity index (χ0n) is 7.52. The highest BCUT2D eigenvalue weighted by Gasteiger charge is 1.98. The number of carbonyl (C=O) groups excluding carboxylic acids is 1. The van der Waals surface area contributed by atoms with E-state index in [0.717, 1.165) is 0 Å². The summed E-state index contributed by atoms with van der Waals surface area (Å²) in [6, 6.07) is 0. The van der Waals surface area contributed by atoms with Crippen LogP contribution in [0.2, 0.25) is 0 Å². The molecule has 2 nitrogen and oxygen atoms in total. The van der Waals surface area contributed by atoms with E-state index in [2.05, 4.69) is 17.9 Å². The van der Waals surface area contributed by atoms with Gasteiger partial charge in [-0.05, 0) is 20.8 Å². The maximum absolute atomic E-state index is 10.4. The Morgan fingerprint density at radius 2 is 2.00 bits per heavy atom. The fraction of sp³-hybridized carbons (Fsp3) is 0.444. The molecule has 2 heteroatoms. The van der Waals surface area contributed by atoms with Gasteiger partial charge < -0.3 is 4.74 Å². The summed E-state index contributed by atoms with van der Waals surface area (Å²) in [5, 5.41) is 0. The lowest BCUT2D eigenvalue weighted by Crippen LogP contribution is -2.03. The first-order chi connectivity index (χ1) is 5.09. The molecule has 0 atom stereocenters. The molecule has 0 spiro atoms. The second-order valence-corrected chi connectivity index (χ2v) is 1.91. The van der Waals surface area contributed by atoms with Crippen molar-refractivity contribution in [2.75, 3.05) is 6.61 Å². The van der Waals surface area contributed by atoms with Crippen molar-refractivity contribution >= 4 is 5.97 Å². The third-order valence-electron chi connectivity index (χ3n) is 0.624. The lowest BCUT2D eigenvalue weighted by Gasteiger charge is -1.96. The van der Waals surface area contributed by atoms with Crippen LogP contribution in [0.5, 0.6) is 0 Å². The minimum atomic E-state index is -0.312. The molecule has 0 rings (SSSR count). The van der Waals surface area contributed by atoms with Crippen LogP contribution >= 0.6 is 0 Å². The Morgan fingerprint density at radius 3 is 2.09 bits per heavy atom. The first-order valence-corrected chi connectivity index (χ1v) is 3.49. The van der Waals surface area contributed by atoms with Crippen molar-refractivity contribution in [2.24, 2.45) is 0 Å². The van der Waals surface area contributed by atoms with Crippen LogP contribution in [0.4, 0.5) is 0 Å². The van der Waals surface area contributed by atoms with Crippen molar-refractivity contribution in [3.8, 4) is 0 Å². The first kappa shape index (κ1) is 12.6. The van der Waals surface area contributed by atoms with E-state index in [1.807, 2.05) is 6.92 Å². The molecule has 0 amide bonds. The van der Waals surface area contributed by atoms with Crippen LogP contribution in [0.1, 0.15) is 20.8 Å². The number of hydrogen-bond acceptors (Lipinski definition) is 2. The molecule has 0 bridgehead atoms. The van der Waals surface area contributed by atoms with E-state index >= 15 is 0 Å². The first-order valence-electron chi connectivity index (χ1n) is 3.49. The largest absolute Gasteiger partial charge is 0.463 e. The van der Waals surface area contributed by atoms with Crippen molar-refractivity contribution in [1.29, 1.82) is 0 Å². The summed E-state index contributed by atoms with van der Waals surface area (Å²) in [6.45, 7) is 12.5. The average molecular weight is 156 g/mol. The van der Waals surface area contributed by atoms with Gasteiger partial charge in [0, 0.05) is 5.57 Å². The van der Waals surface area contributed by atoms with Gasteiger partial charge in [-0.15, -0.1) is 6.58 Å². The van der Waals surface area contributed by atoms with Gasteiger partial charge in [-0.1, -0.05) is 12.7 Å². The minimum Gasteiger partial charge on any atom is -0.463 e. The van der Waals surface area contributed by atoms with Gasteiger partial charge in [0.25, 0.3) is 0 Å². The molecule has 0 aromatic carbocycles. The van der Waals surface area contributed by atoms with Gasteiger partial charge in [-0.25, -0.2) is 4.79 Å². The number of hydrogen-bond donors (Lipinski definition) is 0. The molecular weight excluding hydrogens is 140 g/mol. The summed E-state index contributed by atoms with van der Waals surface area (Å²) < 4.78 is 4.56.